The Kier molecular flexibility index (Phi) is 2.24. The van der Waals surface area contributed by atoms with E-state index in [0.29, 0.717) is 18.6 Å². The van der Waals surface area contributed by atoms with Crippen molar-refractivity contribution >= 4 is 16.6 Å². The van der Waals surface area contributed by atoms with Crippen molar-refractivity contribution in [1.82, 2.24) is 0 Å². The van der Waals surface area contributed by atoms with Crippen LogP contribution >= 0.6 is 0 Å². The third-order valence-corrected chi connectivity index (χ3v) is 3.42. The Balaban J connectivity index is 2.27. The smallest absolute Gasteiger partial charge is 0.133 e. The van der Waals surface area contributed by atoms with E-state index >= 15 is 0 Å². The third kappa shape index (κ3) is 1.53. The van der Waals surface area contributed by atoms with Crippen molar-refractivity contribution in [3.63, 3.8) is 0 Å². The fourth-order valence-electron chi connectivity index (χ4n) is 2.59. The topological polar surface area (TPSA) is 17.1 Å². The second-order valence-corrected chi connectivity index (χ2v) is 4.47. The summed E-state index contributed by atoms with van der Waals surface area (Å²) in [5, 5.41) is 2.70. The molecule has 0 aliphatic heterocycles. The van der Waals surface area contributed by atoms with Gasteiger partial charge in [0.25, 0.3) is 0 Å². The van der Waals surface area contributed by atoms with Crippen LogP contribution in [0, 0.1) is 0 Å². The molecule has 80 valence electrons. The summed E-state index contributed by atoms with van der Waals surface area (Å²) in [5.74, 6) is 0.395. The molecule has 0 amide bonds. The SMILES string of the molecule is O=C1CCc2cccc3cccc(c23)CC1. The number of aryl methyl sites for hydroxylation is 2. The molecule has 0 spiro atoms. The summed E-state index contributed by atoms with van der Waals surface area (Å²) in [7, 11) is 0. The minimum atomic E-state index is 0.395. The van der Waals surface area contributed by atoms with Gasteiger partial charge in [-0.2, -0.15) is 0 Å². The predicted octanol–water partition coefficient (Wildman–Crippen LogP) is 3.29. The van der Waals surface area contributed by atoms with Crippen LogP contribution in [0.3, 0.4) is 0 Å². The highest BCUT2D eigenvalue weighted by Crippen LogP contribution is 2.27. The molecule has 2 aromatic carbocycles. The van der Waals surface area contributed by atoms with Gasteiger partial charge >= 0.3 is 0 Å². The molecule has 0 aromatic heterocycles. The largest absolute Gasteiger partial charge is 0.300 e. The van der Waals surface area contributed by atoms with E-state index in [-0.39, 0.29) is 0 Å². The maximum Gasteiger partial charge on any atom is 0.133 e. The van der Waals surface area contributed by atoms with Gasteiger partial charge in [0.1, 0.15) is 5.78 Å². The molecule has 0 bridgehead atoms. The van der Waals surface area contributed by atoms with E-state index in [1.807, 2.05) is 0 Å². The average Bonchev–Trinajstić information content (AvgIpc) is 2.31. The van der Waals surface area contributed by atoms with Crippen molar-refractivity contribution in [2.75, 3.05) is 0 Å². The van der Waals surface area contributed by atoms with E-state index < -0.39 is 0 Å². The van der Waals surface area contributed by atoms with Crippen molar-refractivity contribution in [3.8, 4) is 0 Å². The van der Waals surface area contributed by atoms with Gasteiger partial charge in [0.05, 0.1) is 0 Å². The summed E-state index contributed by atoms with van der Waals surface area (Å²) in [4.78, 5) is 11.6. The van der Waals surface area contributed by atoms with Crippen LogP contribution in [0.25, 0.3) is 10.8 Å². The van der Waals surface area contributed by atoms with Gasteiger partial charge in [-0.3, -0.25) is 4.79 Å². The molecule has 3 rings (SSSR count). The van der Waals surface area contributed by atoms with Crippen molar-refractivity contribution in [2.45, 2.75) is 25.7 Å². The van der Waals surface area contributed by atoms with Crippen molar-refractivity contribution in [1.29, 1.82) is 0 Å². The quantitative estimate of drug-likeness (QED) is 0.652. The van der Waals surface area contributed by atoms with Crippen LogP contribution in [0.15, 0.2) is 36.4 Å². The zero-order chi connectivity index (χ0) is 11.0. The lowest BCUT2D eigenvalue weighted by Gasteiger charge is -2.14. The number of benzene rings is 2. The molecule has 0 N–H and O–H groups in total. The molecule has 0 fully saturated rings. The number of hydrogen-bond acceptors (Lipinski definition) is 1. The highest BCUT2D eigenvalue weighted by molar-refractivity contribution is 5.91. The Hall–Kier alpha value is -1.63. The molecule has 0 atom stereocenters. The Bertz CT molecular complexity index is 510. The maximum absolute atomic E-state index is 11.6. The second-order valence-electron chi connectivity index (χ2n) is 4.47. The van der Waals surface area contributed by atoms with Gasteiger partial charge < -0.3 is 0 Å². The van der Waals surface area contributed by atoms with Crippen molar-refractivity contribution in [2.24, 2.45) is 0 Å². The summed E-state index contributed by atoms with van der Waals surface area (Å²) in [6, 6.07) is 12.8. The van der Waals surface area contributed by atoms with E-state index in [2.05, 4.69) is 36.4 Å². The fraction of sp³-hybridized carbons (Fsp3) is 0.267. The van der Waals surface area contributed by atoms with Crippen LogP contribution in [-0.4, -0.2) is 5.78 Å². The number of carbonyl (C=O) groups is 1. The Morgan fingerprint density at radius 2 is 1.31 bits per heavy atom. The maximum atomic E-state index is 11.6. The Labute approximate surface area is 95.1 Å². The number of rotatable bonds is 0. The zero-order valence-electron chi connectivity index (χ0n) is 9.20. The average molecular weight is 210 g/mol. The van der Waals surface area contributed by atoms with E-state index in [1.54, 1.807) is 0 Å². The zero-order valence-corrected chi connectivity index (χ0v) is 9.20. The number of Topliss-reactive ketones (excluding diaryl/α,β-unsaturated/α-hetero) is 1. The lowest BCUT2D eigenvalue weighted by atomic mass is 9.90. The lowest BCUT2D eigenvalue weighted by Crippen LogP contribution is -2.06. The van der Waals surface area contributed by atoms with E-state index in [1.165, 1.54) is 21.9 Å². The molecule has 2 aromatic rings. The molecular formula is C15H14O. The van der Waals surface area contributed by atoms with E-state index in [0.717, 1.165) is 12.8 Å². The molecule has 1 aliphatic rings. The van der Waals surface area contributed by atoms with Crippen LogP contribution in [0.2, 0.25) is 0 Å². The second kappa shape index (κ2) is 3.75. The summed E-state index contributed by atoms with van der Waals surface area (Å²) in [5.41, 5.74) is 2.67. The molecule has 1 heteroatoms. The van der Waals surface area contributed by atoms with Gasteiger partial charge in [0.2, 0.25) is 0 Å². The first kappa shape index (κ1) is 9.59. The van der Waals surface area contributed by atoms with Gasteiger partial charge in [-0.1, -0.05) is 36.4 Å². The predicted molar refractivity (Wildman–Crippen MR) is 65.6 cm³/mol. The molecule has 0 saturated heterocycles. The van der Waals surface area contributed by atoms with Gasteiger partial charge in [-0.05, 0) is 34.7 Å². The van der Waals surface area contributed by atoms with Crippen LogP contribution < -0.4 is 0 Å². The minimum Gasteiger partial charge on any atom is -0.300 e. The summed E-state index contributed by atoms with van der Waals surface area (Å²) in [6.07, 6.45) is 3.20. The standard InChI is InChI=1S/C15H14O/c16-14-9-7-12-5-1-3-11-4-2-6-13(8-10-14)15(11)12/h1-6H,7-10H2. The normalized spacial score (nSPS) is 15.9. The van der Waals surface area contributed by atoms with Gasteiger partial charge in [0, 0.05) is 12.8 Å². The molecular weight excluding hydrogens is 196 g/mol. The molecule has 16 heavy (non-hydrogen) atoms. The third-order valence-electron chi connectivity index (χ3n) is 3.42. The Morgan fingerprint density at radius 1 is 0.750 bits per heavy atom. The van der Waals surface area contributed by atoms with Gasteiger partial charge in [0.15, 0.2) is 0 Å². The van der Waals surface area contributed by atoms with Crippen LogP contribution in [-0.2, 0) is 17.6 Å². The van der Waals surface area contributed by atoms with E-state index in [9.17, 15) is 4.79 Å². The molecule has 1 aliphatic carbocycles. The minimum absolute atomic E-state index is 0.395. The molecule has 0 radical (unpaired) electrons. The number of carbonyl (C=O) groups excluding carboxylic acids is 1. The summed E-state index contributed by atoms with van der Waals surface area (Å²) < 4.78 is 0. The number of ketones is 1. The fourth-order valence-corrected chi connectivity index (χ4v) is 2.59. The van der Waals surface area contributed by atoms with Crippen molar-refractivity contribution in [3.05, 3.63) is 47.5 Å². The summed E-state index contributed by atoms with van der Waals surface area (Å²) in [6.45, 7) is 0. The van der Waals surface area contributed by atoms with Crippen LogP contribution in [0.5, 0.6) is 0 Å². The van der Waals surface area contributed by atoms with Gasteiger partial charge in [-0.15, -0.1) is 0 Å². The molecule has 1 nitrogen and oxygen atoms in total. The lowest BCUT2D eigenvalue weighted by molar-refractivity contribution is -0.119. The first-order valence-corrected chi connectivity index (χ1v) is 5.86. The highest BCUT2D eigenvalue weighted by atomic mass is 16.1. The summed E-state index contributed by atoms with van der Waals surface area (Å²) >= 11 is 0. The highest BCUT2D eigenvalue weighted by Gasteiger charge is 2.12. The Morgan fingerprint density at radius 3 is 1.88 bits per heavy atom. The first-order valence-electron chi connectivity index (χ1n) is 5.86. The molecule has 0 saturated carbocycles. The van der Waals surface area contributed by atoms with Crippen LogP contribution in [0.1, 0.15) is 24.0 Å². The van der Waals surface area contributed by atoms with E-state index in [4.69, 9.17) is 0 Å². The van der Waals surface area contributed by atoms with Crippen LogP contribution in [0.4, 0.5) is 0 Å². The van der Waals surface area contributed by atoms with Crippen molar-refractivity contribution < 1.29 is 4.79 Å². The van der Waals surface area contributed by atoms with Gasteiger partial charge in [-0.25, -0.2) is 0 Å². The molecule has 0 heterocycles. The monoisotopic (exact) mass is 210 g/mol. The molecule has 0 unspecified atom stereocenters. The first-order chi connectivity index (χ1) is 7.84. The number of hydrogen-bond donors (Lipinski definition) is 0.